The van der Waals surface area contributed by atoms with E-state index in [1.54, 1.807) is 11.1 Å². The smallest absolute Gasteiger partial charge is 0.254 e. The van der Waals surface area contributed by atoms with Gasteiger partial charge < -0.3 is 10.6 Å². The van der Waals surface area contributed by atoms with Gasteiger partial charge in [0.05, 0.1) is 12.2 Å². The number of aromatic nitrogens is 1. The van der Waals surface area contributed by atoms with E-state index in [4.69, 9.17) is 5.73 Å². The third-order valence-corrected chi connectivity index (χ3v) is 2.92. The zero-order valence-corrected chi connectivity index (χ0v) is 11.2. The van der Waals surface area contributed by atoms with Gasteiger partial charge in [0.15, 0.2) is 0 Å². The van der Waals surface area contributed by atoms with Crippen molar-refractivity contribution < 1.29 is 9.18 Å². The second-order valence-electron chi connectivity index (χ2n) is 4.41. The standard InChI is InChI=1S/C15H16FN3O/c1-2-19(10-14-5-3-4-6-18-14)15(20)11-7-12(16)9-13(17)8-11/h3-9H,2,10,17H2,1H3. The Balaban J connectivity index is 2.20. The molecule has 5 heteroatoms. The van der Waals surface area contributed by atoms with Crippen LogP contribution in [0.3, 0.4) is 0 Å². The van der Waals surface area contributed by atoms with Crippen molar-refractivity contribution in [2.24, 2.45) is 0 Å². The molecule has 0 atom stereocenters. The van der Waals surface area contributed by atoms with Gasteiger partial charge in [-0.3, -0.25) is 9.78 Å². The van der Waals surface area contributed by atoms with Crippen LogP contribution in [0.4, 0.5) is 10.1 Å². The van der Waals surface area contributed by atoms with Gasteiger partial charge in [0.25, 0.3) is 5.91 Å². The third-order valence-electron chi connectivity index (χ3n) is 2.92. The van der Waals surface area contributed by atoms with Gasteiger partial charge in [0.2, 0.25) is 0 Å². The summed E-state index contributed by atoms with van der Waals surface area (Å²) in [5.41, 5.74) is 6.84. The number of hydrogen-bond acceptors (Lipinski definition) is 3. The molecule has 1 amide bonds. The molecule has 0 saturated heterocycles. The van der Waals surface area contributed by atoms with E-state index in [2.05, 4.69) is 4.98 Å². The van der Waals surface area contributed by atoms with Crippen molar-refractivity contribution in [2.75, 3.05) is 12.3 Å². The number of hydrogen-bond donors (Lipinski definition) is 1. The Morgan fingerprint density at radius 3 is 2.75 bits per heavy atom. The minimum Gasteiger partial charge on any atom is -0.399 e. The number of carbonyl (C=O) groups excluding carboxylic acids is 1. The average molecular weight is 273 g/mol. The van der Waals surface area contributed by atoms with Crippen molar-refractivity contribution in [2.45, 2.75) is 13.5 Å². The molecule has 0 aliphatic carbocycles. The van der Waals surface area contributed by atoms with E-state index in [0.717, 1.165) is 5.69 Å². The van der Waals surface area contributed by atoms with Crippen LogP contribution in [0.2, 0.25) is 0 Å². The Hall–Kier alpha value is -2.43. The van der Waals surface area contributed by atoms with E-state index in [1.807, 2.05) is 25.1 Å². The SMILES string of the molecule is CCN(Cc1ccccn1)C(=O)c1cc(N)cc(F)c1. The van der Waals surface area contributed by atoms with Crippen LogP contribution in [-0.2, 0) is 6.54 Å². The number of anilines is 1. The molecular weight excluding hydrogens is 257 g/mol. The highest BCUT2D eigenvalue weighted by Crippen LogP contribution is 2.14. The second kappa shape index (κ2) is 6.14. The number of nitrogens with two attached hydrogens (primary N) is 1. The topological polar surface area (TPSA) is 59.2 Å². The van der Waals surface area contributed by atoms with E-state index in [1.165, 1.54) is 18.2 Å². The largest absolute Gasteiger partial charge is 0.399 e. The zero-order chi connectivity index (χ0) is 14.5. The molecule has 2 aromatic rings. The van der Waals surface area contributed by atoms with Gasteiger partial charge in [-0.05, 0) is 37.3 Å². The first-order valence-electron chi connectivity index (χ1n) is 6.35. The van der Waals surface area contributed by atoms with Crippen LogP contribution in [0.25, 0.3) is 0 Å². The van der Waals surface area contributed by atoms with E-state index in [-0.39, 0.29) is 17.2 Å². The summed E-state index contributed by atoms with van der Waals surface area (Å²) in [5, 5.41) is 0. The molecule has 2 N–H and O–H groups in total. The molecule has 104 valence electrons. The quantitative estimate of drug-likeness (QED) is 0.870. The summed E-state index contributed by atoms with van der Waals surface area (Å²) in [4.78, 5) is 18.1. The predicted octanol–water partition coefficient (Wildman–Crippen LogP) is 2.47. The first kappa shape index (κ1) is 14.0. The normalized spacial score (nSPS) is 10.3. The highest BCUT2D eigenvalue weighted by molar-refractivity contribution is 5.95. The van der Waals surface area contributed by atoms with Crippen molar-refractivity contribution in [3.63, 3.8) is 0 Å². The fourth-order valence-electron chi connectivity index (χ4n) is 1.93. The summed E-state index contributed by atoms with van der Waals surface area (Å²) >= 11 is 0. The molecule has 0 radical (unpaired) electrons. The Bertz CT molecular complexity index is 581. The molecular formula is C15H16FN3O. The van der Waals surface area contributed by atoms with Crippen LogP contribution in [0.5, 0.6) is 0 Å². The van der Waals surface area contributed by atoms with Crippen LogP contribution >= 0.6 is 0 Å². The van der Waals surface area contributed by atoms with E-state index in [9.17, 15) is 9.18 Å². The molecule has 0 spiro atoms. The number of benzene rings is 1. The summed E-state index contributed by atoms with van der Waals surface area (Å²) < 4.78 is 13.3. The molecule has 0 bridgehead atoms. The molecule has 2 rings (SSSR count). The monoisotopic (exact) mass is 273 g/mol. The van der Waals surface area contributed by atoms with Gasteiger partial charge >= 0.3 is 0 Å². The fourth-order valence-corrected chi connectivity index (χ4v) is 1.93. The van der Waals surface area contributed by atoms with Gasteiger partial charge in [-0.25, -0.2) is 4.39 Å². The van der Waals surface area contributed by atoms with Gasteiger partial charge in [0, 0.05) is 24.0 Å². The number of carbonyl (C=O) groups is 1. The minimum absolute atomic E-state index is 0.238. The lowest BCUT2D eigenvalue weighted by Crippen LogP contribution is -2.30. The summed E-state index contributed by atoms with van der Waals surface area (Å²) in [6.07, 6.45) is 1.67. The van der Waals surface area contributed by atoms with Crippen molar-refractivity contribution >= 4 is 11.6 Å². The molecule has 1 aromatic carbocycles. The maximum atomic E-state index is 13.3. The Morgan fingerprint density at radius 2 is 2.15 bits per heavy atom. The van der Waals surface area contributed by atoms with Gasteiger partial charge in [-0.15, -0.1) is 0 Å². The molecule has 1 heterocycles. The van der Waals surface area contributed by atoms with Crippen LogP contribution in [0.1, 0.15) is 23.0 Å². The molecule has 1 aromatic heterocycles. The lowest BCUT2D eigenvalue weighted by atomic mass is 10.1. The lowest BCUT2D eigenvalue weighted by molar-refractivity contribution is 0.0750. The van der Waals surface area contributed by atoms with Crippen molar-refractivity contribution in [3.05, 3.63) is 59.7 Å². The van der Waals surface area contributed by atoms with Gasteiger partial charge in [-0.1, -0.05) is 6.07 Å². The number of nitrogens with zero attached hydrogens (tertiary/aromatic N) is 2. The van der Waals surface area contributed by atoms with E-state index in [0.29, 0.717) is 13.1 Å². The number of halogens is 1. The maximum Gasteiger partial charge on any atom is 0.254 e. The summed E-state index contributed by atoms with van der Waals surface area (Å²) in [6, 6.07) is 9.38. The van der Waals surface area contributed by atoms with Crippen LogP contribution in [-0.4, -0.2) is 22.3 Å². The number of rotatable bonds is 4. The van der Waals surface area contributed by atoms with Crippen LogP contribution < -0.4 is 5.73 Å². The van der Waals surface area contributed by atoms with Crippen LogP contribution in [0, 0.1) is 5.82 Å². The second-order valence-corrected chi connectivity index (χ2v) is 4.41. The molecule has 0 unspecified atom stereocenters. The average Bonchev–Trinajstić information content (AvgIpc) is 2.44. The highest BCUT2D eigenvalue weighted by atomic mass is 19.1. The summed E-state index contributed by atoms with van der Waals surface area (Å²) in [6.45, 7) is 2.75. The Morgan fingerprint density at radius 1 is 1.35 bits per heavy atom. The molecule has 4 nitrogen and oxygen atoms in total. The van der Waals surface area contributed by atoms with Gasteiger partial charge in [0.1, 0.15) is 5.82 Å². The zero-order valence-electron chi connectivity index (χ0n) is 11.2. The molecule has 0 saturated carbocycles. The summed E-state index contributed by atoms with van der Waals surface area (Å²) in [7, 11) is 0. The Kier molecular flexibility index (Phi) is 4.30. The van der Waals surface area contributed by atoms with E-state index >= 15 is 0 Å². The number of amides is 1. The Labute approximate surface area is 117 Å². The maximum absolute atomic E-state index is 13.3. The highest BCUT2D eigenvalue weighted by Gasteiger charge is 2.16. The first-order valence-corrected chi connectivity index (χ1v) is 6.35. The van der Waals surface area contributed by atoms with Crippen molar-refractivity contribution in [1.82, 2.24) is 9.88 Å². The fraction of sp³-hybridized carbons (Fsp3) is 0.200. The van der Waals surface area contributed by atoms with Crippen LogP contribution in [0.15, 0.2) is 42.6 Å². The third kappa shape index (κ3) is 3.32. The first-order chi connectivity index (χ1) is 9.60. The molecule has 20 heavy (non-hydrogen) atoms. The van der Waals surface area contributed by atoms with Crippen molar-refractivity contribution in [1.29, 1.82) is 0 Å². The molecule has 0 aliphatic rings. The lowest BCUT2D eigenvalue weighted by Gasteiger charge is -2.20. The number of nitrogen functional groups attached to an aromatic ring is 1. The van der Waals surface area contributed by atoms with E-state index < -0.39 is 5.82 Å². The molecule has 0 aliphatic heterocycles. The summed E-state index contributed by atoms with van der Waals surface area (Å²) in [5.74, 6) is -0.772. The van der Waals surface area contributed by atoms with Crippen molar-refractivity contribution in [3.8, 4) is 0 Å². The predicted molar refractivity (Wildman–Crippen MR) is 75.5 cm³/mol. The minimum atomic E-state index is -0.512. The number of pyridine rings is 1. The van der Waals surface area contributed by atoms with Gasteiger partial charge in [-0.2, -0.15) is 0 Å². The molecule has 0 fully saturated rings.